The summed E-state index contributed by atoms with van der Waals surface area (Å²) in [7, 11) is 1.62. The maximum atomic E-state index is 5.88. The first kappa shape index (κ1) is 15.7. The molecule has 2 nitrogen and oxygen atoms in total. The Hall–Kier alpha value is -0.710. The summed E-state index contributed by atoms with van der Waals surface area (Å²) in [6.45, 7) is 0.455. The summed E-state index contributed by atoms with van der Waals surface area (Å²) in [6.07, 6.45) is 0. The van der Waals surface area contributed by atoms with Crippen molar-refractivity contribution in [3.63, 3.8) is 0 Å². The van der Waals surface area contributed by atoms with Gasteiger partial charge in [0.2, 0.25) is 0 Å². The molecular formula is C15H13Br2ClO2. The van der Waals surface area contributed by atoms with Gasteiger partial charge in [-0.2, -0.15) is 0 Å². The van der Waals surface area contributed by atoms with E-state index in [9.17, 15) is 0 Å². The number of methoxy groups -OCH3 is 1. The highest BCUT2D eigenvalue weighted by atomic mass is 79.9. The monoisotopic (exact) mass is 418 g/mol. The highest BCUT2D eigenvalue weighted by molar-refractivity contribution is 9.10. The molecule has 106 valence electrons. The lowest BCUT2D eigenvalue weighted by Crippen LogP contribution is -2.00. The van der Waals surface area contributed by atoms with Crippen LogP contribution < -0.4 is 9.47 Å². The second-order valence-electron chi connectivity index (χ2n) is 4.12. The average molecular weight is 421 g/mol. The number of hydrogen-bond acceptors (Lipinski definition) is 2. The summed E-state index contributed by atoms with van der Waals surface area (Å²) in [5.41, 5.74) is 2.05. The SMILES string of the molecule is COc1cc(CCl)cc(Br)c1OCc1ccccc1Br. The first-order valence-electron chi connectivity index (χ1n) is 5.94. The molecule has 0 amide bonds. The summed E-state index contributed by atoms with van der Waals surface area (Å²) in [5, 5.41) is 0. The molecule has 0 saturated carbocycles. The van der Waals surface area contributed by atoms with Gasteiger partial charge in [0.25, 0.3) is 0 Å². The first-order valence-corrected chi connectivity index (χ1v) is 8.06. The summed E-state index contributed by atoms with van der Waals surface area (Å²) in [4.78, 5) is 0. The molecule has 2 aromatic rings. The first-order chi connectivity index (χ1) is 9.65. The Bertz CT molecular complexity index is 602. The van der Waals surface area contributed by atoms with Gasteiger partial charge < -0.3 is 9.47 Å². The van der Waals surface area contributed by atoms with Crippen molar-refractivity contribution in [1.82, 2.24) is 0 Å². The third-order valence-electron chi connectivity index (χ3n) is 2.77. The standard InChI is InChI=1S/C15H13Br2ClO2/c1-19-14-7-10(8-18)6-13(17)15(14)20-9-11-4-2-3-5-12(11)16/h2-7H,8-9H2,1H3. The van der Waals surface area contributed by atoms with E-state index in [1.54, 1.807) is 7.11 Å². The Morgan fingerprint density at radius 1 is 1.10 bits per heavy atom. The molecule has 0 fully saturated rings. The van der Waals surface area contributed by atoms with E-state index in [4.69, 9.17) is 21.1 Å². The van der Waals surface area contributed by atoms with Crippen LogP contribution in [0.4, 0.5) is 0 Å². The van der Waals surface area contributed by atoms with Crippen LogP contribution in [0.15, 0.2) is 45.3 Å². The number of halogens is 3. The van der Waals surface area contributed by atoms with Crippen LogP contribution in [0.1, 0.15) is 11.1 Å². The molecule has 0 aliphatic heterocycles. The highest BCUT2D eigenvalue weighted by Gasteiger charge is 2.12. The summed E-state index contributed by atoms with van der Waals surface area (Å²) < 4.78 is 13.1. The number of rotatable bonds is 5. The number of benzene rings is 2. The smallest absolute Gasteiger partial charge is 0.175 e. The Balaban J connectivity index is 2.23. The maximum Gasteiger partial charge on any atom is 0.175 e. The van der Waals surface area contributed by atoms with Crippen LogP contribution in [0.2, 0.25) is 0 Å². The lowest BCUT2D eigenvalue weighted by molar-refractivity contribution is 0.282. The van der Waals surface area contributed by atoms with Gasteiger partial charge in [-0.15, -0.1) is 11.6 Å². The lowest BCUT2D eigenvalue weighted by atomic mass is 10.2. The zero-order valence-corrected chi connectivity index (χ0v) is 14.8. The molecule has 0 radical (unpaired) electrons. The number of ether oxygens (including phenoxy) is 2. The maximum absolute atomic E-state index is 5.88. The van der Waals surface area contributed by atoms with E-state index in [0.717, 1.165) is 20.1 Å². The molecule has 5 heteroatoms. The zero-order chi connectivity index (χ0) is 14.5. The van der Waals surface area contributed by atoms with Gasteiger partial charge in [-0.25, -0.2) is 0 Å². The van der Waals surface area contributed by atoms with Gasteiger partial charge in [0.15, 0.2) is 11.5 Å². The average Bonchev–Trinajstić information content (AvgIpc) is 2.46. The Morgan fingerprint density at radius 3 is 2.50 bits per heavy atom. The van der Waals surface area contributed by atoms with Gasteiger partial charge in [0.1, 0.15) is 6.61 Å². The molecule has 0 saturated heterocycles. The molecule has 0 bridgehead atoms. The van der Waals surface area contributed by atoms with Crippen LogP contribution >= 0.6 is 43.5 Å². The lowest BCUT2D eigenvalue weighted by Gasteiger charge is -2.14. The second kappa shape index (κ2) is 7.34. The van der Waals surface area contributed by atoms with Crippen LogP contribution in [-0.2, 0) is 12.5 Å². The van der Waals surface area contributed by atoms with Crippen LogP contribution in [0.3, 0.4) is 0 Å². The van der Waals surface area contributed by atoms with Gasteiger partial charge in [-0.05, 0) is 39.7 Å². The number of alkyl halides is 1. The van der Waals surface area contributed by atoms with Gasteiger partial charge >= 0.3 is 0 Å². The van der Waals surface area contributed by atoms with Crippen molar-refractivity contribution in [3.8, 4) is 11.5 Å². The fourth-order valence-electron chi connectivity index (χ4n) is 1.76. The van der Waals surface area contributed by atoms with Gasteiger partial charge in [-0.1, -0.05) is 34.1 Å². The molecular weight excluding hydrogens is 407 g/mol. The van der Waals surface area contributed by atoms with E-state index in [2.05, 4.69) is 31.9 Å². The van der Waals surface area contributed by atoms with Crippen molar-refractivity contribution in [2.75, 3.05) is 7.11 Å². The van der Waals surface area contributed by atoms with Crippen molar-refractivity contribution >= 4 is 43.5 Å². The van der Waals surface area contributed by atoms with Crippen LogP contribution in [-0.4, -0.2) is 7.11 Å². The molecule has 0 aliphatic carbocycles. The Labute approximate surface area is 140 Å². The zero-order valence-electron chi connectivity index (χ0n) is 10.8. The van der Waals surface area contributed by atoms with E-state index in [1.807, 2.05) is 36.4 Å². The summed E-state index contributed by atoms with van der Waals surface area (Å²) in [5.74, 6) is 1.78. The van der Waals surface area contributed by atoms with Crippen molar-refractivity contribution in [1.29, 1.82) is 0 Å². The van der Waals surface area contributed by atoms with Crippen molar-refractivity contribution in [2.24, 2.45) is 0 Å². The molecule has 0 spiro atoms. The minimum absolute atomic E-state index is 0.430. The fourth-order valence-corrected chi connectivity index (χ4v) is 2.91. The molecule has 0 heterocycles. The van der Waals surface area contributed by atoms with Crippen LogP contribution in [0, 0.1) is 0 Å². The molecule has 20 heavy (non-hydrogen) atoms. The molecule has 0 aliphatic rings. The predicted octanol–water partition coefficient (Wildman–Crippen LogP) is 5.54. The molecule has 0 N–H and O–H groups in total. The van der Waals surface area contributed by atoms with Gasteiger partial charge in [-0.3, -0.25) is 0 Å². The van der Waals surface area contributed by atoms with Crippen molar-refractivity contribution in [2.45, 2.75) is 12.5 Å². The van der Waals surface area contributed by atoms with Crippen molar-refractivity contribution in [3.05, 3.63) is 56.5 Å². The Kier molecular flexibility index (Phi) is 5.75. The van der Waals surface area contributed by atoms with Gasteiger partial charge in [0, 0.05) is 15.9 Å². The molecule has 0 atom stereocenters. The number of hydrogen-bond donors (Lipinski definition) is 0. The van der Waals surface area contributed by atoms with E-state index in [1.165, 1.54) is 0 Å². The van der Waals surface area contributed by atoms with E-state index in [-0.39, 0.29) is 0 Å². The molecule has 0 unspecified atom stereocenters. The predicted molar refractivity (Wildman–Crippen MR) is 88.7 cm³/mol. The van der Waals surface area contributed by atoms with Crippen molar-refractivity contribution < 1.29 is 9.47 Å². The highest BCUT2D eigenvalue weighted by Crippen LogP contribution is 2.37. The Morgan fingerprint density at radius 2 is 1.85 bits per heavy atom. The van der Waals surface area contributed by atoms with E-state index in [0.29, 0.717) is 24.0 Å². The third-order valence-corrected chi connectivity index (χ3v) is 4.44. The second-order valence-corrected chi connectivity index (χ2v) is 6.10. The molecule has 2 rings (SSSR count). The molecule has 0 aromatic heterocycles. The third kappa shape index (κ3) is 3.68. The summed E-state index contributed by atoms with van der Waals surface area (Å²) >= 11 is 12.9. The minimum atomic E-state index is 0.430. The largest absolute Gasteiger partial charge is 0.493 e. The van der Waals surface area contributed by atoms with Crippen LogP contribution in [0.25, 0.3) is 0 Å². The fraction of sp³-hybridized carbons (Fsp3) is 0.200. The minimum Gasteiger partial charge on any atom is -0.493 e. The summed E-state index contributed by atoms with van der Waals surface area (Å²) in [6, 6.07) is 11.8. The topological polar surface area (TPSA) is 18.5 Å². The van der Waals surface area contributed by atoms with E-state index >= 15 is 0 Å². The van der Waals surface area contributed by atoms with Crippen LogP contribution in [0.5, 0.6) is 11.5 Å². The normalized spacial score (nSPS) is 10.4. The van der Waals surface area contributed by atoms with E-state index < -0.39 is 0 Å². The van der Waals surface area contributed by atoms with Gasteiger partial charge in [0.05, 0.1) is 11.6 Å². The quantitative estimate of drug-likeness (QED) is 0.592. The molecule has 2 aromatic carbocycles.